The summed E-state index contributed by atoms with van der Waals surface area (Å²) in [4.78, 5) is 12.2. The highest BCUT2D eigenvalue weighted by Crippen LogP contribution is 2.31. The van der Waals surface area contributed by atoms with Crippen LogP contribution in [0, 0.1) is 0 Å². The van der Waals surface area contributed by atoms with Gasteiger partial charge in [0.25, 0.3) is 5.91 Å². The van der Waals surface area contributed by atoms with Gasteiger partial charge >= 0.3 is 0 Å². The molecule has 20 heavy (non-hydrogen) atoms. The second-order valence-corrected chi connectivity index (χ2v) is 4.75. The van der Waals surface area contributed by atoms with Gasteiger partial charge in [-0.2, -0.15) is 0 Å². The molecule has 0 saturated carbocycles. The number of phenols is 1. The number of aromatic hydroxyl groups is 1. The lowest BCUT2D eigenvalue weighted by molar-refractivity contribution is 0.0925. The zero-order valence-electron chi connectivity index (χ0n) is 10.9. The molecule has 1 heterocycles. The molecule has 0 unspecified atom stereocenters. The van der Waals surface area contributed by atoms with E-state index in [-0.39, 0.29) is 17.7 Å². The number of nitrogens with one attached hydrogen (secondary N) is 1. The summed E-state index contributed by atoms with van der Waals surface area (Å²) in [7, 11) is 0. The van der Waals surface area contributed by atoms with E-state index in [4.69, 9.17) is 4.74 Å². The number of rotatable bonds is 2. The lowest BCUT2D eigenvalue weighted by Gasteiger charge is -2.26. The van der Waals surface area contributed by atoms with Crippen LogP contribution in [0.2, 0.25) is 0 Å². The maximum absolute atomic E-state index is 12.2. The Balaban J connectivity index is 1.79. The summed E-state index contributed by atoms with van der Waals surface area (Å²) < 4.78 is 5.57. The van der Waals surface area contributed by atoms with E-state index in [1.54, 1.807) is 12.1 Å². The van der Waals surface area contributed by atoms with Crippen molar-refractivity contribution in [3.63, 3.8) is 0 Å². The van der Waals surface area contributed by atoms with Crippen LogP contribution in [0.5, 0.6) is 11.5 Å². The molecule has 1 amide bonds. The quantitative estimate of drug-likeness (QED) is 0.881. The third kappa shape index (κ3) is 2.45. The van der Waals surface area contributed by atoms with Crippen LogP contribution < -0.4 is 10.1 Å². The van der Waals surface area contributed by atoms with Gasteiger partial charge in [0.2, 0.25) is 0 Å². The highest BCUT2D eigenvalue weighted by atomic mass is 16.5. The Morgan fingerprint density at radius 1 is 1.15 bits per heavy atom. The van der Waals surface area contributed by atoms with Crippen molar-refractivity contribution in [2.75, 3.05) is 6.61 Å². The normalized spacial score (nSPS) is 16.9. The Hall–Kier alpha value is -2.49. The summed E-state index contributed by atoms with van der Waals surface area (Å²) in [6.45, 7) is 0.595. The Morgan fingerprint density at radius 3 is 2.70 bits per heavy atom. The molecule has 0 spiro atoms. The molecular weight excluding hydrogens is 254 g/mol. The predicted molar refractivity (Wildman–Crippen MR) is 74.9 cm³/mol. The standard InChI is InChI=1S/C16H15NO3/c18-12-7-5-11(6-8-12)16(19)17-14-9-10-20-15-4-2-1-3-13(14)15/h1-8,14,18H,9-10H2,(H,17,19)/t14-/m0/s1. The summed E-state index contributed by atoms with van der Waals surface area (Å²) in [6.07, 6.45) is 0.751. The van der Waals surface area contributed by atoms with Gasteiger partial charge in [0.05, 0.1) is 12.6 Å². The minimum absolute atomic E-state index is 0.0405. The van der Waals surface area contributed by atoms with Crippen LogP contribution in [0.3, 0.4) is 0 Å². The third-order valence-electron chi connectivity index (χ3n) is 3.39. The molecule has 0 bridgehead atoms. The molecule has 0 aromatic heterocycles. The number of amides is 1. The van der Waals surface area contributed by atoms with Crippen LogP contribution >= 0.6 is 0 Å². The molecule has 0 radical (unpaired) electrons. The minimum atomic E-state index is -0.147. The molecular formula is C16H15NO3. The smallest absolute Gasteiger partial charge is 0.251 e. The number of fused-ring (bicyclic) bond motifs is 1. The van der Waals surface area contributed by atoms with Crippen molar-refractivity contribution >= 4 is 5.91 Å². The molecule has 0 fully saturated rings. The largest absolute Gasteiger partial charge is 0.508 e. The van der Waals surface area contributed by atoms with Crippen LogP contribution in [-0.4, -0.2) is 17.6 Å². The molecule has 1 aliphatic heterocycles. The van der Waals surface area contributed by atoms with E-state index in [2.05, 4.69) is 5.32 Å². The number of ether oxygens (including phenoxy) is 1. The zero-order valence-corrected chi connectivity index (χ0v) is 10.9. The van der Waals surface area contributed by atoms with Gasteiger partial charge in [-0.1, -0.05) is 18.2 Å². The molecule has 3 rings (SSSR count). The molecule has 1 atom stereocenters. The van der Waals surface area contributed by atoms with Gasteiger partial charge in [0.15, 0.2) is 0 Å². The minimum Gasteiger partial charge on any atom is -0.508 e. The number of para-hydroxylation sites is 1. The molecule has 4 heteroatoms. The molecule has 2 N–H and O–H groups in total. The molecule has 102 valence electrons. The zero-order chi connectivity index (χ0) is 13.9. The first-order valence-electron chi connectivity index (χ1n) is 6.55. The molecule has 1 aliphatic rings. The van der Waals surface area contributed by atoms with E-state index < -0.39 is 0 Å². The monoisotopic (exact) mass is 269 g/mol. The van der Waals surface area contributed by atoms with E-state index in [0.717, 1.165) is 17.7 Å². The van der Waals surface area contributed by atoms with Crippen molar-refractivity contribution < 1.29 is 14.6 Å². The summed E-state index contributed by atoms with van der Waals surface area (Å²) in [5, 5.41) is 12.3. The Kier molecular flexibility index (Phi) is 3.29. The van der Waals surface area contributed by atoms with E-state index in [1.807, 2.05) is 24.3 Å². The SMILES string of the molecule is O=C(N[C@H]1CCOc2ccccc21)c1ccc(O)cc1. The van der Waals surface area contributed by atoms with Crippen molar-refractivity contribution in [2.24, 2.45) is 0 Å². The van der Waals surface area contributed by atoms with Crippen molar-refractivity contribution in [2.45, 2.75) is 12.5 Å². The number of carbonyl (C=O) groups is 1. The average molecular weight is 269 g/mol. The molecule has 2 aromatic carbocycles. The maximum Gasteiger partial charge on any atom is 0.251 e. The fraction of sp³-hybridized carbons (Fsp3) is 0.188. The van der Waals surface area contributed by atoms with Gasteiger partial charge in [0, 0.05) is 17.5 Å². The van der Waals surface area contributed by atoms with E-state index in [1.165, 1.54) is 12.1 Å². The van der Waals surface area contributed by atoms with Gasteiger partial charge < -0.3 is 15.2 Å². The number of hydrogen-bond donors (Lipinski definition) is 2. The summed E-state index contributed by atoms with van der Waals surface area (Å²) in [5.41, 5.74) is 1.54. The number of hydrogen-bond acceptors (Lipinski definition) is 3. The summed E-state index contributed by atoms with van der Waals surface area (Å²) in [6, 6.07) is 13.9. The lowest BCUT2D eigenvalue weighted by atomic mass is 10.00. The van der Waals surface area contributed by atoms with Crippen molar-refractivity contribution in [3.05, 3.63) is 59.7 Å². The predicted octanol–water partition coefficient (Wildman–Crippen LogP) is 2.65. The first-order valence-corrected chi connectivity index (χ1v) is 6.55. The first-order chi connectivity index (χ1) is 9.74. The van der Waals surface area contributed by atoms with E-state index in [9.17, 15) is 9.90 Å². The Bertz CT molecular complexity index is 622. The van der Waals surface area contributed by atoms with Gasteiger partial charge in [-0.3, -0.25) is 4.79 Å². The second kappa shape index (κ2) is 5.25. The second-order valence-electron chi connectivity index (χ2n) is 4.75. The van der Waals surface area contributed by atoms with Gasteiger partial charge in [-0.25, -0.2) is 0 Å². The Morgan fingerprint density at radius 2 is 1.90 bits per heavy atom. The average Bonchev–Trinajstić information content (AvgIpc) is 2.48. The topological polar surface area (TPSA) is 58.6 Å². The molecule has 0 saturated heterocycles. The fourth-order valence-electron chi connectivity index (χ4n) is 2.35. The lowest BCUT2D eigenvalue weighted by Crippen LogP contribution is -2.32. The maximum atomic E-state index is 12.2. The van der Waals surface area contributed by atoms with E-state index >= 15 is 0 Å². The number of benzene rings is 2. The highest BCUT2D eigenvalue weighted by Gasteiger charge is 2.22. The first kappa shape index (κ1) is 12.5. The van der Waals surface area contributed by atoms with Gasteiger partial charge in [-0.05, 0) is 30.3 Å². The fourth-order valence-corrected chi connectivity index (χ4v) is 2.35. The summed E-state index contributed by atoms with van der Waals surface area (Å²) in [5.74, 6) is 0.833. The number of carbonyl (C=O) groups excluding carboxylic acids is 1. The van der Waals surface area contributed by atoms with Crippen molar-refractivity contribution in [1.29, 1.82) is 0 Å². The third-order valence-corrected chi connectivity index (χ3v) is 3.39. The molecule has 4 nitrogen and oxygen atoms in total. The van der Waals surface area contributed by atoms with Crippen molar-refractivity contribution in [1.82, 2.24) is 5.32 Å². The van der Waals surface area contributed by atoms with E-state index in [0.29, 0.717) is 12.2 Å². The van der Waals surface area contributed by atoms with Gasteiger partial charge in [0.1, 0.15) is 11.5 Å². The van der Waals surface area contributed by atoms with Crippen LogP contribution in [0.15, 0.2) is 48.5 Å². The number of phenolic OH excluding ortho intramolecular Hbond substituents is 1. The van der Waals surface area contributed by atoms with Crippen LogP contribution in [0.1, 0.15) is 28.4 Å². The highest BCUT2D eigenvalue weighted by molar-refractivity contribution is 5.94. The summed E-state index contributed by atoms with van der Waals surface area (Å²) >= 11 is 0. The van der Waals surface area contributed by atoms with Crippen LogP contribution in [0.4, 0.5) is 0 Å². The molecule has 2 aromatic rings. The molecule has 0 aliphatic carbocycles. The van der Waals surface area contributed by atoms with Crippen molar-refractivity contribution in [3.8, 4) is 11.5 Å². The Labute approximate surface area is 117 Å². The van der Waals surface area contributed by atoms with Crippen LogP contribution in [0.25, 0.3) is 0 Å². The van der Waals surface area contributed by atoms with Gasteiger partial charge in [-0.15, -0.1) is 0 Å². The van der Waals surface area contributed by atoms with Crippen LogP contribution in [-0.2, 0) is 0 Å².